The van der Waals surface area contributed by atoms with Crippen LogP contribution in [0.2, 0.25) is 0 Å². The van der Waals surface area contributed by atoms with E-state index in [2.05, 4.69) is 4.85 Å². The van der Waals surface area contributed by atoms with Gasteiger partial charge in [-0.15, -0.1) is 0 Å². The van der Waals surface area contributed by atoms with E-state index in [-0.39, 0.29) is 6.54 Å². The van der Waals surface area contributed by atoms with Gasteiger partial charge in [-0.25, -0.2) is 6.57 Å². The fraction of sp³-hybridized carbons (Fsp3) is 0.636. The number of nitriles is 2. The van der Waals surface area contributed by atoms with Crippen molar-refractivity contribution in [1.29, 1.82) is 10.5 Å². The van der Waals surface area contributed by atoms with Crippen LogP contribution >= 0.6 is 0 Å². The summed E-state index contributed by atoms with van der Waals surface area (Å²) in [5.41, 5.74) is -0.643. The summed E-state index contributed by atoms with van der Waals surface area (Å²) < 4.78 is 0. The summed E-state index contributed by atoms with van der Waals surface area (Å²) in [5.74, 6) is 0. The van der Waals surface area contributed by atoms with Crippen molar-refractivity contribution in [1.82, 2.24) is 0 Å². The molecule has 0 heterocycles. The van der Waals surface area contributed by atoms with Crippen LogP contribution in [0.1, 0.15) is 32.1 Å². The number of carbonyl (C=O) groups is 1. The molecular formula is C11H13N3O. The van der Waals surface area contributed by atoms with E-state index in [0.717, 1.165) is 6.29 Å². The van der Waals surface area contributed by atoms with Crippen molar-refractivity contribution < 1.29 is 4.79 Å². The molecule has 0 saturated heterocycles. The highest BCUT2D eigenvalue weighted by Gasteiger charge is 2.29. The van der Waals surface area contributed by atoms with Gasteiger partial charge in [0.2, 0.25) is 6.54 Å². The normalized spacial score (nSPS) is 9.67. The molecule has 0 aromatic rings. The molecule has 0 radical (unpaired) electrons. The molecule has 0 aromatic heterocycles. The standard InChI is InChI=1S/C11H13N3O/c1-14-9-6-11(10-15,4-2-7-12)5-3-8-13/h10H,2-6,9H2. The first-order valence-electron chi connectivity index (χ1n) is 4.78. The Labute approximate surface area is 89.9 Å². The van der Waals surface area contributed by atoms with Gasteiger partial charge in [0.15, 0.2) is 0 Å². The summed E-state index contributed by atoms with van der Waals surface area (Å²) in [6.07, 6.45) is 2.74. The summed E-state index contributed by atoms with van der Waals surface area (Å²) >= 11 is 0. The van der Waals surface area contributed by atoms with Gasteiger partial charge >= 0.3 is 0 Å². The minimum atomic E-state index is -0.643. The van der Waals surface area contributed by atoms with E-state index < -0.39 is 5.41 Å². The van der Waals surface area contributed by atoms with Crippen LogP contribution in [-0.4, -0.2) is 12.8 Å². The minimum absolute atomic E-state index is 0.273. The first-order valence-corrected chi connectivity index (χ1v) is 4.78. The second-order valence-corrected chi connectivity index (χ2v) is 3.43. The Bertz CT molecular complexity index is 271. The van der Waals surface area contributed by atoms with Crippen molar-refractivity contribution in [3.8, 4) is 12.1 Å². The van der Waals surface area contributed by atoms with Crippen molar-refractivity contribution in [2.75, 3.05) is 6.54 Å². The highest BCUT2D eigenvalue weighted by atomic mass is 16.1. The van der Waals surface area contributed by atoms with E-state index in [4.69, 9.17) is 17.1 Å². The van der Waals surface area contributed by atoms with Crippen LogP contribution in [0.3, 0.4) is 0 Å². The van der Waals surface area contributed by atoms with E-state index in [1.165, 1.54) is 0 Å². The second kappa shape index (κ2) is 7.54. The van der Waals surface area contributed by atoms with Crippen molar-refractivity contribution in [3.05, 3.63) is 11.4 Å². The molecule has 0 aromatic carbocycles. The third-order valence-electron chi connectivity index (χ3n) is 2.44. The highest BCUT2D eigenvalue weighted by molar-refractivity contribution is 5.59. The van der Waals surface area contributed by atoms with E-state index in [1.54, 1.807) is 0 Å². The van der Waals surface area contributed by atoms with Gasteiger partial charge in [0.1, 0.15) is 6.29 Å². The number of carbonyl (C=O) groups excluding carboxylic acids is 1. The van der Waals surface area contributed by atoms with Crippen LogP contribution in [0, 0.1) is 34.6 Å². The number of hydrogen-bond donors (Lipinski definition) is 0. The zero-order valence-corrected chi connectivity index (χ0v) is 8.57. The highest BCUT2D eigenvalue weighted by Crippen LogP contribution is 2.31. The maximum atomic E-state index is 11.0. The fourth-order valence-corrected chi connectivity index (χ4v) is 1.44. The minimum Gasteiger partial charge on any atom is -0.317 e. The van der Waals surface area contributed by atoms with E-state index in [0.29, 0.717) is 32.1 Å². The third kappa shape index (κ3) is 4.79. The smallest absolute Gasteiger partial charge is 0.215 e. The Morgan fingerprint density at radius 2 is 1.73 bits per heavy atom. The SMILES string of the molecule is [C-]#[N+]CCC(C=O)(CCC#N)CCC#N. The molecule has 4 nitrogen and oxygen atoms in total. The van der Waals surface area contributed by atoms with Crippen molar-refractivity contribution in [2.45, 2.75) is 32.1 Å². The summed E-state index contributed by atoms with van der Waals surface area (Å²) in [4.78, 5) is 14.2. The van der Waals surface area contributed by atoms with Crippen LogP contribution in [0.4, 0.5) is 0 Å². The predicted molar refractivity (Wildman–Crippen MR) is 54.3 cm³/mol. The Morgan fingerprint density at radius 3 is 2.07 bits per heavy atom. The first-order chi connectivity index (χ1) is 7.24. The Balaban J connectivity index is 4.47. The molecule has 0 unspecified atom stereocenters. The Hall–Kier alpha value is -1.86. The molecule has 15 heavy (non-hydrogen) atoms. The van der Waals surface area contributed by atoms with Gasteiger partial charge in [-0.1, -0.05) is 0 Å². The van der Waals surface area contributed by atoms with Gasteiger partial charge < -0.3 is 9.64 Å². The molecule has 0 atom stereocenters. The van der Waals surface area contributed by atoms with Gasteiger partial charge in [-0.3, -0.25) is 0 Å². The molecule has 0 N–H and O–H groups in total. The van der Waals surface area contributed by atoms with E-state index >= 15 is 0 Å². The lowest BCUT2D eigenvalue weighted by atomic mass is 9.78. The zero-order chi connectivity index (χ0) is 11.6. The average Bonchev–Trinajstić information content (AvgIpc) is 2.29. The van der Waals surface area contributed by atoms with E-state index in [9.17, 15) is 4.79 Å². The molecule has 0 saturated carbocycles. The predicted octanol–water partition coefficient (Wildman–Crippen LogP) is 2.09. The lowest BCUT2D eigenvalue weighted by molar-refractivity contribution is -0.117. The monoisotopic (exact) mass is 203 g/mol. The van der Waals surface area contributed by atoms with Crippen molar-refractivity contribution in [2.24, 2.45) is 5.41 Å². The number of rotatable bonds is 7. The van der Waals surface area contributed by atoms with Crippen LogP contribution in [0.25, 0.3) is 4.85 Å². The van der Waals surface area contributed by atoms with Gasteiger partial charge in [0.05, 0.1) is 12.1 Å². The molecule has 4 heteroatoms. The van der Waals surface area contributed by atoms with E-state index in [1.807, 2.05) is 12.1 Å². The molecule has 0 bridgehead atoms. The lowest BCUT2D eigenvalue weighted by Crippen LogP contribution is -2.23. The quantitative estimate of drug-likeness (QED) is 0.470. The molecule has 0 rings (SSSR count). The number of aldehydes is 1. The molecule has 0 aliphatic carbocycles. The first kappa shape index (κ1) is 13.1. The Kier molecular flexibility index (Phi) is 6.60. The topological polar surface area (TPSA) is 69.0 Å². The summed E-state index contributed by atoms with van der Waals surface area (Å²) in [7, 11) is 0. The van der Waals surface area contributed by atoms with Crippen molar-refractivity contribution >= 4 is 6.29 Å². The van der Waals surface area contributed by atoms with Crippen LogP contribution in [0.15, 0.2) is 0 Å². The third-order valence-corrected chi connectivity index (χ3v) is 2.44. The Morgan fingerprint density at radius 1 is 1.20 bits per heavy atom. The fourth-order valence-electron chi connectivity index (χ4n) is 1.44. The average molecular weight is 203 g/mol. The number of hydrogen-bond acceptors (Lipinski definition) is 3. The largest absolute Gasteiger partial charge is 0.317 e. The molecule has 0 amide bonds. The van der Waals surface area contributed by atoms with Gasteiger partial charge in [0, 0.05) is 24.7 Å². The van der Waals surface area contributed by atoms with Crippen LogP contribution < -0.4 is 0 Å². The lowest BCUT2D eigenvalue weighted by Gasteiger charge is -2.23. The maximum Gasteiger partial charge on any atom is 0.215 e. The molecule has 78 valence electrons. The summed E-state index contributed by atoms with van der Waals surface area (Å²) in [6, 6.07) is 3.98. The molecule has 0 aliphatic rings. The molecule has 0 spiro atoms. The van der Waals surface area contributed by atoms with Crippen molar-refractivity contribution in [3.63, 3.8) is 0 Å². The maximum absolute atomic E-state index is 11.0. The summed E-state index contributed by atoms with van der Waals surface area (Å²) in [5, 5.41) is 17.0. The van der Waals surface area contributed by atoms with Crippen LogP contribution in [-0.2, 0) is 4.79 Å². The second-order valence-electron chi connectivity index (χ2n) is 3.43. The zero-order valence-electron chi connectivity index (χ0n) is 8.57. The molecule has 0 aliphatic heterocycles. The van der Waals surface area contributed by atoms with Gasteiger partial charge in [-0.05, 0) is 12.8 Å². The summed E-state index contributed by atoms with van der Waals surface area (Å²) in [6.45, 7) is 6.96. The van der Waals surface area contributed by atoms with Gasteiger partial charge in [-0.2, -0.15) is 10.5 Å². The van der Waals surface area contributed by atoms with Gasteiger partial charge in [0.25, 0.3) is 0 Å². The number of nitrogens with zero attached hydrogens (tertiary/aromatic N) is 3. The molecular weight excluding hydrogens is 190 g/mol. The van der Waals surface area contributed by atoms with Crippen LogP contribution in [0.5, 0.6) is 0 Å². The molecule has 0 fully saturated rings.